The average Bonchev–Trinajstić information content (AvgIpc) is 3.13. The van der Waals surface area contributed by atoms with Crippen LogP contribution in [0.5, 0.6) is 0 Å². The number of pyridine rings is 1. The summed E-state index contributed by atoms with van der Waals surface area (Å²) in [5.41, 5.74) is 10.9. The van der Waals surface area contributed by atoms with Gasteiger partial charge in [0.1, 0.15) is 0 Å². The smallest absolute Gasteiger partial charge is 0.351 e. The summed E-state index contributed by atoms with van der Waals surface area (Å²) >= 11 is 0. The van der Waals surface area contributed by atoms with Crippen molar-refractivity contribution in [2.75, 3.05) is 19.6 Å². The van der Waals surface area contributed by atoms with Gasteiger partial charge in [0, 0.05) is 50.5 Å². The Morgan fingerprint density at radius 2 is 2.04 bits per heavy atom. The molecule has 1 saturated heterocycles. The third-order valence-electron chi connectivity index (χ3n) is 6.30. The van der Waals surface area contributed by atoms with Crippen molar-refractivity contribution < 1.29 is 22.8 Å². The number of urea groups is 1. The molecule has 3 amide bonds. The van der Waals surface area contributed by atoms with Crippen LogP contribution >= 0.6 is 0 Å². The van der Waals surface area contributed by atoms with Crippen LogP contribution in [0.4, 0.5) is 18.0 Å². The summed E-state index contributed by atoms with van der Waals surface area (Å²) in [5, 5.41) is 0. The first-order valence-corrected chi connectivity index (χ1v) is 9.24. The fourth-order valence-electron chi connectivity index (χ4n) is 4.99. The highest BCUT2D eigenvalue weighted by Crippen LogP contribution is 2.49. The van der Waals surface area contributed by atoms with E-state index in [4.69, 9.17) is 11.5 Å². The Balaban J connectivity index is 1.60. The Kier molecular flexibility index (Phi) is 4.29. The van der Waals surface area contributed by atoms with Crippen LogP contribution in [0.1, 0.15) is 29.7 Å². The number of nitrogens with two attached hydrogens (primary N) is 2. The van der Waals surface area contributed by atoms with E-state index in [1.807, 2.05) is 0 Å². The molecule has 0 unspecified atom stereocenters. The number of fused-ring (bicyclic) bond motifs is 2. The summed E-state index contributed by atoms with van der Waals surface area (Å²) in [7, 11) is 0. The van der Waals surface area contributed by atoms with Crippen molar-refractivity contribution >= 4 is 11.9 Å². The molecule has 3 atom stereocenters. The topological polar surface area (TPSA) is 106 Å². The molecule has 4 N–H and O–H groups in total. The van der Waals surface area contributed by atoms with Gasteiger partial charge in [-0.1, -0.05) is 0 Å². The van der Waals surface area contributed by atoms with Gasteiger partial charge in [-0.3, -0.25) is 9.78 Å². The predicted octanol–water partition coefficient (Wildman–Crippen LogP) is 1.10. The van der Waals surface area contributed by atoms with E-state index in [0.29, 0.717) is 43.6 Å². The van der Waals surface area contributed by atoms with Gasteiger partial charge < -0.3 is 21.3 Å². The first-order chi connectivity index (χ1) is 13.1. The molecule has 2 fully saturated rings. The van der Waals surface area contributed by atoms with Crippen LogP contribution in [0.3, 0.4) is 0 Å². The minimum Gasteiger partial charge on any atom is -0.351 e. The molecule has 1 aromatic rings. The molecule has 7 nitrogen and oxygen atoms in total. The molecule has 1 aliphatic carbocycles. The van der Waals surface area contributed by atoms with Crippen LogP contribution in [0, 0.1) is 11.3 Å². The lowest BCUT2D eigenvalue weighted by Gasteiger charge is -2.37. The van der Waals surface area contributed by atoms with Crippen molar-refractivity contribution in [2.45, 2.75) is 38.0 Å². The summed E-state index contributed by atoms with van der Waals surface area (Å²) < 4.78 is 39.0. The van der Waals surface area contributed by atoms with Crippen LogP contribution in [-0.2, 0) is 23.9 Å². The summed E-state index contributed by atoms with van der Waals surface area (Å²) in [4.78, 5) is 32.1. The number of carbonyl (C=O) groups is 2. The summed E-state index contributed by atoms with van der Waals surface area (Å²) in [6.45, 7) is 1.05. The molecule has 0 aromatic carbocycles. The molecule has 3 heterocycles. The number of halogens is 3. The van der Waals surface area contributed by atoms with E-state index in [0.717, 1.165) is 12.3 Å². The lowest BCUT2D eigenvalue weighted by molar-refractivity contribution is -0.143. The van der Waals surface area contributed by atoms with E-state index in [2.05, 4.69) is 4.98 Å². The van der Waals surface area contributed by atoms with Crippen molar-refractivity contribution in [3.05, 3.63) is 29.1 Å². The highest BCUT2D eigenvalue weighted by Gasteiger charge is 2.58. The average molecular weight is 397 g/mol. The minimum absolute atomic E-state index is 0.0748. The molecule has 28 heavy (non-hydrogen) atoms. The van der Waals surface area contributed by atoms with E-state index in [1.54, 1.807) is 4.90 Å². The zero-order chi connectivity index (χ0) is 20.3. The Hall–Kier alpha value is -2.36. The van der Waals surface area contributed by atoms with Crippen LogP contribution in [0.15, 0.2) is 12.3 Å². The van der Waals surface area contributed by atoms with E-state index in [-0.39, 0.29) is 31.0 Å². The Morgan fingerprint density at radius 3 is 2.71 bits per heavy atom. The van der Waals surface area contributed by atoms with Crippen molar-refractivity contribution in [3.8, 4) is 0 Å². The van der Waals surface area contributed by atoms with Gasteiger partial charge in [0.25, 0.3) is 0 Å². The summed E-state index contributed by atoms with van der Waals surface area (Å²) in [5.74, 6) is -0.235. The van der Waals surface area contributed by atoms with Gasteiger partial charge in [0.2, 0.25) is 5.91 Å². The zero-order valence-corrected chi connectivity index (χ0v) is 15.2. The normalized spacial score (nSPS) is 29.6. The number of primary amides is 1. The number of hydrogen-bond donors (Lipinski definition) is 2. The largest absolute Gasteiger partial charge is 0.417 e. The molecule has 1 aromatic heterocycles. The maximum atomic E-state index is 13.5. The van der Waals surface area contributed by atoms with Crippen LogP contribution in [-0.4, -0.2) is 52.4 Å². The van der Waals surface area contributed by atoms with E-state index in [1.165, 1.54) is 4.90 Å². The first-order valence-electron chi connectivity index (χ1n) is 9.24. The van der Waals surface area contributed by atoms with Crippen LogP contribution in [0.25, 0.3) is 0 Å². The number of aromatic nitrogens is 1. The van der Waals surface area contributed by atoms with Crippen molar-refractivity contribution in [2.24, 2.45) is 22.8 Å². The van der Waals surface area contributed by atoms with Crippen LogP contribution < -0.4 is 11.5 Å². The third kappa shape index (κ3) is 2.99. The lowest BCUT2D eigenvalue weighted by Crippen LogP contribution is -2.49. The van der Waals surface area contributed by atoms with E-state index < -0.39 is 23.2 Å². The lowest BCUT2D eigenvalue weighted by atomic mass is 9.78. The SMILES string of the molecule is NC(=O)N1C[C@@H]2C[C@@H](N)C[C@]2(C(=O)N2CCc3ncc(C(F)(F)F)cc3C2)C1. The molecule has 1 saturated carbocycles. The Bertz CT molecular complexity index is 830. The van der Waals surface area contributed by atoms with Gasteiger partial charge in [-0.2, -0.15) is 13.2 Å². The number of likely N-dealkylation sites (tertiary alicyclic amines) is 1. The van der Waals surface area contributed by atoms with Crippen molar-refractivity contribution in [1.29, 1.82) is 0 Å². The Labute approximate surface area is 159 Å². The third-order valence-corrected chi connectivity index (χ3v) is 6.30. The fourth-order valence-corrected chi connectivity index (χ4v) is 4.99. The number of hydrogen-bond acceptors (Lipinski definition) is 4. The standard InChI is InChI=1S/C18H22F3N5O2/c19-18(20,21)11-3-10-7-25(2-1-14(10)24-6-11)15(27)17-5-13(22)4-12(17)8-26(9-17)16(23)28/h3,6,12-13H,1-2,4-5,7-9,22H2,(H2,23,28)/t12-,13+,17-/m0/s1. The molecule has 3 aliphatic rings. The van der Waals surface area contributed by atoms with Crippen molar-refractivity contribution in [3.63, 3.8) is 0 Å². The maximum Gasteiger partial charge on any atom is 0.417 e. The number of carbonyl (C=O) groups excluding carboxylic acids is 2. The van der Waals surface area contributed by atoms with E-state index in [9.17, 15) is 22.8 Å². The second kappa shape index (κ2) is 6.33. The molecular formula is C18H22F3N5O2. The monoisotopic (exact) mass is 397 g/mol. The van der Waals surface area contributed by atoms with E-state index >= 15 is 0 Å². The predicted molar refractivity (Wildman–Crippen MR) is 92.6 cm³/mol. The Morgan fingerprint density at radius 1 is 1.29 bits per heavy atom. The van der Waals surface area contributed by atoms with Gasteiger partial charge in [0.15, 0.2) is 0 Å². The molecule has 0 radical (unpaired) electrons. The minimum atomic E-state index is -4.48. The number of amides is 3. The number of alkyl halides is 3. The summed E-state index contributed by atoms with van der Waals surface area (Å²) in [6, 6.07) is 0.361. The fraction of sp³-hybridized carbons (Fsp3) is 0.611. The second-order valence-electron chi connectivity index (χ2n) is 8.08. The van der Waals surface area contributed by atoms with Gasteiger partial charge >= 0.3 is 12.2 Å². The van der Waals surface area contributed by atoms with Gasteiger partial charge in [-0.25, -0.2) is 4.79 Å². The molecule has 0 spiro atoms. The highest BCUT2D eigenvalue weighted by molar-refractivity contribution is 5.86. The zero-order valence-electron chi connectivity index (χ0n) is 15.2. The molecule has 10 heteroatoms. The molecular weight excluding hydrogens is 375 g/mol. The molecule has 152 valence electrons. The number of nitrogens with zero attached hydrogens (tertiary/aromatic N) is 3. The molecule has 0 bridgehead atoms. The maximum absolute atomic E-state index is 13.5. The van der Waals surface area contributed by atoms with Crippen LogP contribution in [0.2, 0.25) is 0 Å². The molecule has 4 rings (SSSR count). The number of rotatable bonds is 1. The molecule has 2 aliphatic heterocycles. The van der Waals surface area contributed by atoms with Gasteiger partial charge in [-0.05, 0) is 30.4 Å². The highest BCUT2D eigenvalue weighted by atomic mass is 19.4. The summed E-state index contributed by atoms with van der Waals surface area (Å²) in [6.07, 6.45) is -2.18. The first kappa shape index (κ1) is 19.0. The quantitative estimate of drug-likeness (QED) is 0.740. The van der Waals surface area contributed by atoms with Gasteiger partial charge in [0.05, 0.1) is 11.0 Å². The van der Waals surface area contributed by atoms with Gasteiger partial charge in [-0.15, -0.1) is 0 Å². The second-order valence-corrected chi connectivity index (χ2v) is 8.08. The van der Waals surface area contributed by atoms with Crippen molar-refractivity contribution in [1.82, 2.24) is 14.8 Å².